The smallest absolute Gasteiger partial charge is 0.336 e. The number of benzene rings is 2. The van der Waals surface area contributed by atoms with Crippen LogP contribution in [0.4, 0.5) is 4.39 Å². The van der Waals surface area contributed by atoms with E-state index in [1.54, 1.807) is 44.2 Å². The largest absolute Gasteiger partial charge is 0.463 e. The quantitative estimate of drug-likeness (QED) is 0.839. The maximum Gasteiger partial charge on any atom is 0.336 e. The number of hydrogen-bond donors (Lipinski definition) is 1. The van der Waals surface area contributed by atoms with Gasteiger partial charge in [-0.15, -0.1) is 0 Å². The lowest BCUT2D eigenvalue weighted by Gasteiger charge is -2.29. The van der Waals surface area contributed by atoms with Crippen LogP contribution in [0.5, 0.6) is 0 Å². The molecular weight excluding hydrogens is 345 g/mol. The minimum Gasteiger partial charge on any atom is -0.463 e. The number of halogens is 1. The van der Waals surface area contributed by atoms with Crippen LogP contribution in [0.3, 0.4) is 0 Å². The van der Waals surface area contributed by atoms with E-state index in [0.29, 0.717) is 22.5 Å². The van der Waals surface area contributed by atoms with Gasteiger partial charge in [-0.05, 0) is 19.9 Å². The summed E-state index contributed by atoms with van der Waals surface area (Å²) in [6, 6.07) is 13.5. The zero-order valence-corrected chi connectivity index (χ0v) is 15.0. The van der Waals surface area contributed by atoms with Crippen molar-refractivity contribution in [3.63, 3.8) is 0 Å². The Morgan fingerprint density at radius 2 is 1.78 bits per heavy atom. The molecule has 0 unspecified atom stereocenters. The Morgan fingerprint density at radius 3 is 2.48 bits per heavy atom. The molecule has 5 heteroatoms. The van der Waals surface area contributed by atoms with Gasteiger partial charge in [-0.1, -0.05) is 42.5 Å². The molecule has 0 saturated heterocycles. The van der Waals surface area contributed by atoms with Crippen LogP contribution in [-0.2, 0) is 9.53 Å². The molecule has 136 valence electrons. The second-order valence-corrected chi connectivity index (χ2v) is 6.50. The predicted octanol–water partition coefficient (Wildman–Crippen LogP) is 3.96. The summed E-state index contributed by atoms with van der Waals surface area (Å²) in [6.07, 6.45) is 0. The average Bonchev–Trinajstić information content (AvgIpc) is 2.94. The van der Waals surface area contributed by atoms with E-state index in [9.17, 15) is 14.0 Å². The van der Waals surface area contributed by atoms with Crippen molar-refractivity contribution in [2.24, 2.45) is 0 Å². The van der Waals surface area contributed by atoms with Gasteiger partial charge in [0.15, 0.2) is 5.78 Å². The SMILES string of the molecule is CCOC(=O)C1=C(C)NC2=C(C(=O)c3ccccc32)[C@@H]1c1ccccc1F. The molecule has 1 aliphatic carbocycles. The monoisotopic (exact) mass is 363 g/mol. The number of esters is 1. The van der Waals surface area contributed by atoms with Crippen molar-refractivity contribution in [2.75, 3.05) is 6.61 Å². The number of nitrogens with one attached hydrogen (secondary N) is 1. The van der Waals surface area contributed by atoms with Gasteiger partial charge >= 0.3 is 5.97 Å². The summed E-state index contributed by atoms with van der Waals surface area (Å²) in [5.41, 5.74) is 3.45. The Hall–Kier alpha value is -3.21. The number of ether oxygens (including phenoxy) is 1. The maximum atomic E-state index is 14.7. The van der Waals surface area contributed by atoms with E-state index in [-0.39, 0.29) is 23.5 Å². The van der Waals surface area contributed by atoms with Crippen molar-refractivity contribution in [2.45, 2.75) is 19.8 Å². The number of carbonyl (C=O) groups is 2. The molecule has 1 N–H and O–H groups in total. The zero-order valence-electron chi connectivity index (χ0n) is 15.0. The normalized spacial score (nSPS) is 18.2. The molecule has 1 heterocycles. The van der Waals surface area contributed by atoms with Crippen molar-refractivity contribution in [3.8, 4) is 0 Å². The lowest BCUT2D eigenvalue weighted by atomic mass is 9.79. The van der Waals surface area contributed by atoms with Crippen molar-refractivity contribution < 1.29 is 18.7 Å². The van der Waals surface area contributed by atoms with Gasteiger partial charge in [0.25, 0.3) is 0 Å². The Balaban J connectivity index is 1.96. The molecule has 0 saturated carbocycles. The maximum absolute atomic E-state index is 14.7. The highest BCUT2D eigenvalue weighted by Gasteiger charge is 2.43. The fourth-order valence-corrected chi connectivity index (χ4v) is 3.83. The summed E-state index contributed by atoms with van der Waals surface area (Å²) in [5.74, 6) is -2.03. The third kappa shape index (κ3) is 2.58. The number of carbonyl (C=O) groups excluding carboxylic acids is 2. The molecular formula is C22H18FNO3. The number of dihydropyridines is 1. The first kappa shape index (κ1) is 17.2. The van der Waals surface area contributed by atoms with E-state index in [1.165, 1.54) is 6.07 Å². The third-order valence-corrected chi connectivity index (χ3v) is 4.96. The second-order valence-electron chi connectivity index (χ2n) is 6.50. The number of Topliss-reactive ketones (excluding diaryl/α,β-unsaturated/α-hetero) is 1. The van der Waals surface area contributed by atoms with Gasteiger partial charge in [0.1, 0.15) is 5.82 Å². The van der Waals surface area contributed by atoms with Crippen LogP contribution in [0.2, 0.25) is 0 Å². The van der Waals surface area contributed by atoms with E-state index < -0.39 is 17.7 Å². The number of allylic oxidation sites excluding steroid dienone is 2. The summed E-state index contributed by atoms with van der Waals surface area (Å²) in [5, 5.41) is 3.19. The van der Waals surface area contributed by atoms with Crippen LogP contribution in [0.15, 0.2) is 65.4 Å². The van der Waals surface area contributed by atoms with Gasteiger partial charge in [-0.2, -0.15) is 0 Å². The molecule has 2 aromatic carbocycles. The molecule has 2 aliphatic rings. The number of hydrogen-bond acceptors (Lipinski definition) is 4. The Kier molecular flexibility index (Phi) is 4.15. The fraction of sp³-hybridized carbons (Fsp3) is 0.182. The topological polar surface area (TPSA) is 55.4 Å². The summed E-state index contributed by atoms with van der Waals surface area (Å²) < 4.78 is 19.9. The molecule has 0 amide bonds. The van der Waals surface area contributed by atoms with E-state index in [4.69, 9.17) is 4.74 Å². The zero-order chi connectivity index (χ0) is 19.1. The highest BCUT2D eigenvalue weighted by atomic mass is 19.1. The van der Waals surface area contributed by atoms with Crippen LogP contribution >= 0.6 is 0 Å². The van der Waals surface area contributed by atoms with Gasteiger partial charge in [-0.25, -0.2) is 9.18 Å². The lowest BCUT2D eigenvalue weighted by Crippen LogP contribution is -2.29. The molecule has 0 fully saturated rings. The van der Waals surface area contributed by atoms with Gasteiger partial charge in [0, 0.05) is 28.0 Å². The summed E-state index contributed by atoms with van der Waals surface area (Å²) in [7, 11) is 0. The van der Waals surface area contributed by atoms with Gasteiger partial charge in [-0.3, -0.25) is 4.79 Å². The molecule has 1 aliphatic heterocycles. The highest BCUT2D eigenvalue weighted by Crippen LogP contribution is 2.47. The van der Waals surface area contributed by atoms with Crippen molar-refractivity contribution in [3.05, 3.63) is 87.9 Å². The van der Waals surface area contributed by atoms with Crippen LogP contribution in [-0.4, -0.2) is 18.4 Å². The van der Waals surface area contributed by atoms with Crippen LogP contribution < -0.4 is 5.32 Å². The van der Waals surface area contributed by atoms with Crippen LogP contribution in [0, 0.1) is 5.82 Å². The first-order valence-corrected chi connectivity index (χ1v) is 8.82. The third-order valence-electron chi connectivity index (χ3n) is 4.96. The Labute approximate surface area is 156 Å². The standard InChI is InChI=1S/C22H18FNO3/c1-3-27-22(26)17-12(2)24-20-13-8-4-5-9-14(13)21(25)19(20)18(17)15-10-6-7-11-16(15)23/h4-11,18,24H,3H2,1-2H3/t18-/m1/s1. The molecule has 0 radical (unpaired) electrons. The minimum absolute atomic E-state index is 0.194. The number of rotatable bonds is 3. The molecule has 1 atom stereocenters. The van der Waals surface area contributed by atoms with Crippen LogP contribution in [0.25, 0.3) is 5.70 Å². The van der Waals surface area contributed by atoms with Gasteiger partial charge in [0.2, 0.25) is 0 Å². The molecule has 4 rings (SSSR count). The van der Waals surface area contributed by atoms with E-state index in [0.717, 1.165) is 5.56 Å². The number of fused-ring (bicyclic) bond motifs is 2. The molecule has 0 spiro atoms. The van der Waals surface area contributed by atoms with Crippen LogP contribution in [0.1, 0.15) is 41.3 Å². The Bertz CT molecular complexity index is 1040. The molecule has 2 aromatic rings. The average molecular weight is 363 g/mol. The molecule has 0 aromatic heterocycles. The van der Waals surface area contributed by atoms with Crippen molar-refractivity contribution in [1.29, 1.82) is 0 Å². The van der Waals surface area contributed by atoms with E-state index in [1.807, 2.05) is 12.1 Å². The molecule has 27 heavy (non-hydrogen) atoms. The Morgan fingerprint density at radius 1 is 1.11 bits per heavy atom. The molecule has 4 nitrogen and oxygen atoms in total. The fourth-order valence-electron chi connectivity index (χ4n) is 3.83. The highest BCUT2D eigenvalue weighted by molar-refractivity contribution is 6.23. The van der Waals surface area contributed by atoms with E-state index >= 15 is 0 Å². The summed E-state index contributed by atoms with van der Waals surface area (Å²) in [6.45, 7) is 3.65. The molecule has 0 bridgehead atoms. The van der Waals surface area contributed by atoms with Crippen molar-refractivity contribution >= 4 is 17.4 Å². The number of ketones is 1. The summed E-state index contributed by atoms with van der Waals surface area (Å²) >= 11 is 0. The van der Waals surface area contributed by atoms with Gasteiger partial charge in [0.05, 0.1) is 23.8 Å². The first-order valence-electron chi connectivity index (χ1n) is 8.82. The first-order chi connectivity index (χ1) is 13.0. The lowest BCUT2D eigenvalue weighted by molar-refractivity contribution is -0.138. The second kappa shape index (κ2) is 6.50. The van der Waals surface area contributed by atoms with Gasteiger partial charge < -0.3 is 10.1 Å². The predicted molar refractivity (Wildman–Crippen MR) is 99.3 cm³/mol. The summed E-state index contributed by atoms with van der Waals surface area (Å²) in [4.78, 5) is 25.9. The van der Waals surface area contributed by atoms with E-state index in [2.05, 4.69) is 5.32 Å². The van der Waals surface area contributed by atoms with Crippen molar-refractivity contribution in [1.82, 2.24) is 5.32 Å². The minimum atomic E-state index is -0.818.